The second-order valence-electron chi connectivity index (χ2n) is 7.34. The van der Waals surface area contributed by atoms with Crippen molar-refractivity contribution in [3.05, 3.63) is 81.6 Å². The lowest BCUT2D eigenvalue weighted by molar-refractivity contribution is 0.117. The Balaban J connectivity index is 1.59. The number of hydrazone groups is 1. The third-order valence-corrected chi connectivity index (χ3v) is 4.85. The molecule has 0 aliphatic rings. The van der Waals surface area contributed by atoms with Gasteiger partial charge in [-0.25, -0.2) is 10.4 Å². The summed E-state index contributed by atoms with van der Waals surface area (Å²) >= 11 is 0. The minimum Gasteiger partial charge on any atom is -0.377 e. The summed E-state index contributed by atoms with van der Waals surface area (Å²) in [6.45, 7) is 3.58. The molecule has 32 heavy (non-hydrogen) atoms. The van der Waals surface area contributed by atoms with Crippen molar-refractivity contribution in [1.82, 2.24) is 9.97 Å². The second-order valence-corrected chi connectivity index (χ2v) is 7.34. The molecule has 0 fully saturated rings. The van der Waals surface area contributed by atoms with Crippen molar-refractivity contribution in [2.75, 3.05) is 12.0 Å². The summed E-state index contributed by atoms with van der Waals surface area (Å²) in [5.74, 6) is 0.164. The molecule has 3 rings (SSSR count). The molecule has 164 valence electrons. The molecule has 0 saturated heterocycles. The zero-order valence-corrected chi connectivity index (χ0v) is 18.2. The van der Waals surface area contributed by atoms with Crippen LogP contribution in [-0.4, -0.2) is 22.8 Å². The van der Waals surface area contributed by atoms with Crippen LogP contribution >= 0.6 is 0 Å². The summed E-state index contributed by atoms with van der Waals surface area (Å²) in [7, 11) is 0. The highest BCUT2D eigenvalue weighted by molar-refractivity contribution is 5.80. The largest absolute Gasteiger partial charge is 0.377 e. The minimum absolute atomic E-state index is 0.0334. The maximum Gasteiger partial charge on any atom is 0.270 e. The van der Waals surface area contributed by atoms with Gasteiger partial charge in [0.25, 0.3) is 5.56 Å². The molecule has 0 aliphatic carbocycles. The summed E-state index contributed by atoms with van der Waals surface area (Å²) < 4.78 is 5.71. The van der Waals surface area contributed by atoms with Crippen molar-refractivity contribution in [1.29, 1.82) is 5.26 Å². The maximum atomic E-state index is 12.3. The molecule has 0 bridgehead atoms. The number of aromatic amines is 1. The van der Waals surface area contributed by atoms with E-state index in [1.54, 1.807) is 18.3 Å². The zero-order valence-electron chi connectivity index (χ0n) is 18.2. The lowest BCUT2D eigenvalue weighted by atomic mass is 10.1. The van der Waals surface area contributed by atoms with Crippen LogP contribution < -0.4 is 11.0 Å². The van der Waals surface area contributed by atoms with Crippen molar-refractivity contribution < 1.29 is 4.74 Å². The quantitative estimate of drug-likeness (QED) is 0.258. The van der Waals surface area contributed by atoms with Gasteiger partial charge in [0.2, 0.25) is 5.95 Å². The van der Waals surface area contributed by atoms with Crippen molar-refractivity contribution in [2.24, 2.45) is 5.10 Å². The number of nitrogens with one attached hydrogen (secondary N) is 2. The Labute approximate surface area is 187 Å². The van der Waals surface area contributed by atoms with E-state index < -0.39 is 5.56 Å². The average Bonchev–Trinajstić information content (AvgIpc) is 2.82. The lowest BCUT2D eigenvalue weighted by Crippen LogP contribution is -2.16. The van der Waals surface area contributed by atoms with Gasteiger partial charge in [-0.1, -0.05) is 80.8 Å². The molecule has 0 radical (unpaired) electrons. The number of hydrogen-bond donors (Lipinski definition) is 2. The van der Waals surface area contributed by atoms with Crippen LogP contribution in [0.1, 0.15) is 49.3 Å². The normalized spacial score (nSPS) is 10.9. The maximum absolute atomic E-state index is 12.3. The molecule has 0 spiro atoms. The van der Waals surface area contributed by atoms with E-state index in [0.29, 0.717) is 17.9 Å². The Morgan fingerprint density at radius 2 is 1.91 bits per heavy atom. The SMILES string of the molecule is CCCCCCOCc1ccc(C=NNc2nc(-c3ccccc3)c(C#N)c(=O)[nH]2)cc1. The van der Waals surface area contributed by atoms with Crippen LogP contribution in [0.4, 0.5) is 5.95 Å². The van der Waals surface area contributed by atoms with Crippen LogP contribution in [-0.2, 0) is 11.3 Å². The van der Waals surface area contributed by atoms with Crippen molar-refractivity contribution in [2.45, 2.75) is 39.2 Å². The Hall–Kier alpha value is -3.76. The molecule has 0 unspecified atom stereocenters. The number of H-pyrrole nitrogens is 1. The van der Waals surface area contributed by atoms with Crippen LogP contribution in [0.2, 0.25) is 0 Å². The smallest absolute Gasteiger partial charge is 0.270 e. The van der Waals surface area contributed by atoms with Gasteiger partial charge in [-0.2, -0.15) is 10.4 Å². The predicted octanol–water partition coefficient (Wildman–Crippen LogP) is 4.85. The van der Waals surface area contributed by atoms with E-state index in [1.165, 1.54) is 19.3 Å². The van der Waals surface area contributed by atoms with E-state index in [0.717, 1.165) is 24.2 Å². The Morgan fingerprint density at radius 3 is 2.62 bits per heavy atom. The summed E-state index contributed by atoms with van der Waals surface area (Å²) in [5.41, 5.74) is 5.19. The number of unbranched alkanes of at least 4 members (excludes halogenated alkanes) is 3. The number of hydrogen-bond acceptors (Lipinski definition) is 6. The van der Waals surface area contributed by atoms with Gasteiger partial charge in [0.05, 0.1) is 18.5 Å². The van der Waals surface area contributed by atoms with E-state index >= 15 is 0 Å². The summed E-state index contributed by atoms with van der Waals surface area (Å²) in [6.07, 6.45) is 6.43. The lowest BCUT2D eigenvalue weighted by Gasteiger charge is -2.06. The zero-order chi connectivity index (χ0) is 22.6. The average molecular weight is 430 g/mol. The van der Waals surface area contributed by atoms with Gasteiger partial charge in [-0.3, -0.25) is 9.78 Å². The fourth-order valence-electron chi connectivity index (χ4n) is 3.12. The minimum atomic E-state index is -0.516. The fourth-order valence-corrected chi connectivity index (χ4v) is 3.12. The first-order valence-corrected chi connectivity index (χ1v) is 10.8. The molecule has 1 heterocycles. The summed E-state index contributed by atoms with van der Waals surface area (Å²) in [6, 6.07) is 18.9. The van der Waals surface area contributed by atoms with Gasteiger partial charge >= 0.3 is 0 Å². The standard InChI is InChI=1S/C25H27N5O2/c1-2-3-4-8-15-32-18-20-13-11-19(12-14-20)17-27-30-25-28-23(21-9-6-5-7-10-21)22(16-26)24(31)29-25/h5-7,9-14,17H,2-4,8,15,18H2,1H3,(H2,28,29,30,31). The van der Waals surface area contributed by atoms with Gasteiger partial charge in [0.1, 0.15) is 11.6 Å². The Morgan fingerprint density at radius 1 is 1.12 bits per heavy atom. The first-order chi connectivity index (χ1) is 15.7. The van der Waals surface area contributed by atoms with Crippen LogP contribution in [0, 0.1) is 11.3 Å². The molecular weight excluding hydrogens is 402 g/mol. The van der Waals surface area contributed by atoms with Gasteiger partial charge in [-0.15, -0.1) is 0 Å². The summed E-state index contributed by atoms with van der Waals surface area (Å²) in [4.78, 5) is 19.2. The van der Waals surface area contributed by atoms with E-state index in [1.807, 2.05) is 48.5 Å². The van der Waals surface area contributed by atoms with Gasteiger partial charge < -0.3 is 4.74 Å². The number of rotatable bonds is 11. The molecular formula is C25H27N5O2. The number of nitrogens with zero attached hydrogens (tertiary/aromatic N) is 3. The molecule has 1 aromatic heterocycles. The van der Waals surface area contributed by atoms with Gasteiger partial charge in [0.15, 0.2) is 0 Å². The monoisotopic (exact) mass is 429 g/mol. The highest BCUT2D eigenvalue weighted by atomic mass is 16.5. The van der Waals surface area contributed by atoms with E-state index in [4.69, 9.17) is 4.74 Å². The first-order valence-electron chi connectivity index (χ1n) is 10.8. The fraction of sp³-hybridized carbons (Fsp3) is 0.280. The molecule has 7 nitrogen and oxygen atoms in total. The van der Waals surface area contributed by atoms with Crippen LogP contribution in [0.15, 0.2) is 64.5 Å². The second kappa shape index (κ2) is 12.2. The number of ether oxygens (including phenoxy) is 1. The molecule has 3 aromatic rings. The molecule has 0 amide bonds. The van der Waals surface area contributed by atoms with Crippen LogP contribution in [0.25, 0.3) is 11.3 Å². The summed E-state index contributed by atoms with van der Waals surface area (Å²) in [5, 5.41) is 13.5. The first kappa shape index (κ1) is 22.9. The van der Waals surface area contributed by atoms with Crippen molar-refractivity contribution in [3.8, 4) is 17.3 Å². The third-order valence-electron chi connectivity index (χ3n) is 4.85. The van der Waals surface area contributed by atoms with Gasteiger partial charge in [0, 0.05) is 12.2 Å². The third kappa shape index (κ3) is 6.62. The van der Waals surface area contributed by atoms with Crippen LogP contribution in [0.3, 0.4) is 0 Å². The number of anilines is 1. The van der Waals surface area contributed by atoms with Crippen LogP contribution in [0.5, 0.6) is 0 Å². The Kier molecular flexibility index (Phi) is 8.72. The number of benzene rings is 2. The molecule has 0 aliphatic heterocycles. The Bertz CT molecular complexity index is 1120. The number of nitriles is 1. The molecule has 0 saturated carbocycles. The van der Waals surface area contributed by atoms with Crippen molar-refractivity contribution >= 4 is 12.2 Å². The highest BCUT2D eigenvalue weighted by Gasteiger charge is 2.12. The number of aromatic nitrogens is 2. The van der Waals surface area contributed by atoms with Gasteiger partial charge in [-0.05, 0) is 17.5 Å². The molecule has 2 N–H and O–H groups in total. The predicted molar refractivity (Wildman–Crippen MR) is 126 cm³/mol. The van der Waals surface area contributed by atoms with E-state index in [-0.39, 0.29) is 11.5 Å². The van der Waals surface area contributed by atoms with E-state index in [9.17, 15) is 10.1 Å². The molecule has 7 heteroatoms. The molecule has 2 aromatic carbocycles. The molecule has 0 atom stereocenters. The topological polar surface area (TPSA) is 103 Å². The highest BCUT2D eigenvalue weighted by Crippen LogP contribution is 2.19. The van der Waals surface area contributed by atoms with Crippen molar-refractivity contribution in [3.63, 3.8) is 0 Å². The van der Waals surface area contributed by atoms with E-state index in [2.05, 4.69) is 27.4 Å².